The average Bonchev–Trinajstić information content (AvgIpc) is 2.43. The number of rotatable bonds is 9. The molecule has 0 atom stereocenters. The second-order valence-electron chi connectivity index (χ2n) is 5.02. The van der Waals surface area contributed by atoms with Gasteiger partial charge in [-0.3, -0.25) is 0 Å². The normalized spacial score (nSPS) is 11.0. The van der Waals surface area contributed by atoms with Gasteiger partial charge in [0.25, 0.3) is 0 Å². The summed E-state index contributed by atoms with van der Waals surface area (Å²) in [6.07, 6.45) is 2.48. The van der Waals surface area contributed by atoms with Gasteiger partial charge in [0.15, 0.2) is 0 Å². The third-order valence-corrected chi connectivity index (χ3v) is 3.26. The van der Waals surface area contributed by atoms with E-state index in [1.807, 2.05) is 0 Å². The van der Waals surface area contributed by atoms with Gasteiger partial charge in [-0.05, 0) is 44.3 Å². The molecule has 0 saturated heterocycles. The number of nitrogens with zero attached hydrogens (tertiary/aromatic N) is 1. The summed E-state index contributed by atoms with van der Waals surface area (Å²) in [6, 6.07) is 6.47. The summed E-state index contributed by atoms with van der Waals surface area (Å²) in [5.74, 6) is 0.989. The second kappa shape index (κ2) is 8.94. The van der Waals surface area contributed by atoms with E-state index in [9.17, 15) is 0 Å². The molecule has 1 N–H and O–H groups in total. The van der Waals surface area contributed by atoms with E-state index in [1.165, 1.54) is 24.0 Å². The van der Waals surface area contributed by atoms with Crippen LogP contribution in [0, 0.1) is 0 Å². The van der Waals surface area contributed by atoms with Gasteiger partial charge in [-0.2, -0.15) is 0 Å². The van der Waals surface area contributed by atoms with Crippen LogP contribution in [0.4, 0.5) is 0 Å². The lowest BCUT2D eigenvalue weighted by molar-refractivity contribution is 0.312. The molecule has 0 aliphatic rings. The smallest absolute Gasteiger partial charge is 0.123 e. The van der Waals surface area contributed by atoms with Gasteiger partial charge in [-0.1, -0.05) is 26.3 Å². The molecule has 1 aromatic carbocycles. The molecule has 0 amide bonds. The van der Waals surface area contributed by atoms with Crippen molar-refractivity contribution in [3.05, 3.63) is 29.3 Å². The number of hydrogen-bond donors (Lipinski definition) is 1. The third-order valence-electron chi connectivity index (χ3n) is 3.26. The van der Waals surface area contributed by atoms with E-state index in [2.05, 4.69) is 49.3 Å². The summed E-state index contributed by atoms with van der Waals surface area (Å²) in [7, 11) is 3.92. The Kier molecular flexibility index (Phi) is 7.53. The molecule has 1 rings (SSSR count). The third kappa shape index (κ3) is 5.62. The summed E-state index contributed by atoms with van der Waals surface area (Å²) in [5.41, 5.74) is 2.60. The van der Waals surface area contributed by atoms with Crippen LogP contribution in [0.25, 0.3) is 0 Å². The Morgan fingerprint density at radius 1 is 1.26 bits per heavy atom. The maximum Gasteiger partial charge on any atom is 0.123 e. The lowest BCUT2D eigenvalue weighted by atomic mass is 10.1. The number of ether oxygens (including phenoxy) is 1. The predicted molar refractivity (Wildman–Crippen MR) is 81.6 cm³/mol. The van der Waals surface area contributed by atoms with E-state index in [4.69, 9.17) is 4.74 Å². The molecule has 3 heteroatoms. The summed E-state index contributed by atoms with van der Waals surface area (Å²) in [5, 5.41) is 3.36. The summed E-state index contributed by atoms with van der Waals surface area (Å²) in [4.78, 5) is 2.36. The van der Waals surface area contributed by atoms with E-state index >= 15 is 0 Å². The lowest BCUT2D eigenvalue weighted by Crippen LogP contribution is -2.20. The highest BCUT2D eigenvalue weighted by Gasteiger charge is 2.07. The van der Waals surface area contributed by atoms with Crippen LogP contribution >= 0.6 is 0 Å². The van der Waals surface area contributed by atoms with Crippen molar-refractivity contribution in [2.75, 3.05) is 27.2 Å². The zero-order valence-corrected chi connectivity index (χ0v) is 12.8. The predicted octanol–water partition coefficient (Wildman–Crippen LogP) is 3.04. The van der Waals surface area contributed by atoms with Crippen LogP contribution in [-0.4, -0.2) is 32.1 Å². The van der Waals surface area contributed by atoms with Gasteiger partial charge < -0.3 is 15.0 Å². The molecule has 0 spiro atoms. The minimum Gasteiger partial charge on any atom is -0.496 e. The molecule has 0 bridgehead atoms. The summed E-state index contributed by atoms with van der Waals surface area (Å²) < 4.78 is 5.46. The van der Waals surface area contributed by atoms with Crippen molar-refractivity contribution in [2.24, 2.45) is 0 Å². The number of hydrogen-bond acceptors (Lipinski definition) is 3. The van der Waals surface area contributed by atoms with Gasteiger partial charge in [0.2, 0.25) is 0 Å². The van der Waals surface area contributed by atoms with Gasteiger partial charge >= 0.3 is 0 Å². The monoisotopic (exact) mass is 264 g/mol. The molecule has 0 aliphatic heterocycles. The Bertz CT molecular complexity index is 366. The Hall–Kier alpha value is -1.06. The topological polar surface area (TPSA) is 24.5 Å². The number of methoxy groups -OCH3 is 1. The first-order valence-corrected chi connectivity index (χ1v) is 7.26. The SMILES string of the molecule is CCCCN(C)Cc1cc(CNCC)ccc1OC. The first-order valence-electron chi connectivity index (χ1n) is 7.26. The van der Waals surface area contributed by atoms with Crippen molar-refractivity contribution in [1.29, 1.82) is 0 Å². The van der Waals surface area contributed by atoms with Gasteiger partial charge in [0.05, 0.1) is 7.11 Å². The minimum atomic E-state index is 0.923. The van der Waals surface area contributed by atoms with Crippen molar-refractivity contribution in [1.82, 2.24) is 10.2 Å². The molecule has 108 valence electrons. The van der Waals surface area contributed by atoms with Gasteiger partial charge in [-0.15, -0.1) is 0 Å². The maximum absolute atomic E-state index is 5.46. The van der Waals surface area contributed by atoms with Crippen LogP contribution in [-0.2, 0) is 13.1 Å². The van der Waals surface area contributed by atoms with Crippen LogP contribution in [0.2, 0.25) is 0 Å². The Labute approximate surface area is 118 Å². The van der Waals surface area contributed by atoms with Crippen LogP contribution in [0.15, 0.2) is 18.2 Å². The van der Waals surface area contributed by atoms with Crippen molar-refractivity contribution in [3.63, 3.8) is 0 Å². The molecule has 3 nitrogen and oxygen atoms in total. The average molecular weight is 264 g/mol. The van der Waals surface area contributed by atoms with Gasteiger partial charge in [-0.25, -0.2) is 0 Å². The Balaban J connectivity index is 2.71. The fraction of sp³-hybridized carbons (Fsp3) is 0.625. The Morgan fingerprint density at radius 3 is 2.68 bits per heavy atom. The molecule has 0 heterocycles. The van der Waals surface area contributed by atoms with Crippen LogP contribution in [0.3, 0.4) is 0 Å². The quantitative estimate of drug-likeness (QED) is 0.742. The standard InChI is InChI=1S/C16H28N2O/c1-5-7-10-18(3)13-15-11-14(12-17-6-2)8-9-16(15)19-4/h8-9,11,17H,5-7,10,12-13H2,1-4H3. The zero-order valence-electron chi connectivity index (χ0n) is 12.8. The largest absolute Gasteiger partial charge is 0.496 e. The molecule has 0 saturated carbocycles. The van der Waals surface area contributed by atoms with Gasteiger partial charge in [0.1, 0.15) is 5.75 Å². The minimum absolute atomic E-state index is 0.923. The Morgan fingerprint density at radius 2 is 2.05 bits per heavy atom. The van der Waals surface area contributed by atoms with Crippen molar-refractivity contribution >= 4 is 0 Å². The molecule has 0 fully saturated rings. The number of unbranched alkanes of at least 4 members (excludes halogenated alkanes) is 1. The first kappa shape index (κ1) is 16.0. The van der Waals surface area contributed by atoms with Crippen LogP contribution in [0.1, 0.15) is 37.8 Å². The molecular formula is C16H28N2O. The van der Waals surface area contributed by atoms with Crippen LogP contribution in [0.5, 0.6) is 5.75 Å². The molecule has 0 unspecified atom stereocenters. The molecular weight excluding hydrogens is 236 g/mol. The molecule has 19 heavy (non-hydrogen) atoms. The highest BCUT2D eigenvalue weighted by atomic mass is 16.5. The lowest BCUT2D eigenvalue weighted by Gasteiger charge is -2.19. The highest BCUT2D eigenvalue weighted by molar-refractivity contribution is 5.37. The number of benzene rings is 1. The van der Waals surface area contributed by atoms with Crippen molar-refractivity contribution in [2.45, 2.75) is 39.8 Å². The maximum atomic E-state index is 5.46. The fourth-order valence-electron chi connectivity index (χ4n) is 2.13. The van der Waals surface area contributed by atoms with E-state index < -0.39 is 0 Å². The van der Waals surface area contributed by atoms with Crippen molar-refractivity contribution < 1.29 is 4.74 Å². The van der Waals surface area contributed by atoms with E-state index in [0.717, 1.165) is 31.9 Å². The van der Waals surface area contributed by atoms with E-state index in [-0.39, 0.29) is 0 Å². The first-order chi connectivity index (χ1) is 9.21. The zero-order chi connectivity index (χ0) is 14.1. The number of nitrogens with one attached hydrogen (secondary N) is 1. The van der Waals surface area contributed by atoms with E-state index in [0.29, 0.717) is 0 Å². The fourth-order valence-corrected chi connectivity index (χ4v) is 2.13. The van der Waals surface area contributed by atoms with Crippen molar-refractivity contribution in [3.8, 4) is 5.75 Å². The second-order valence-corrected chi connectivity index (χ2v) is 5.02. The van der Waals surface area contributed by atoms with E-state index in [1.54, 1.807) is 7.11 Å². The molecule has 1 aromatic rings. The molecule has 0 radical (unpaired) electrons. The molecule has 0 aromatic heterocycles. The van der Waals surface area contributed by atoms with Gasteiger partial charge in [0, 0.05) is 18.7 Å². The summed E-state index contributed by atoms with van der Waals surface area (Å²) in [6.45, 7) is 8.36. The van der Waals surface area contributed by atoms with Crippen LogP contribution < -0.4 is 10.1 Å². The highest BCUT2D eigenvalue weighted by Crippen LogP contribution is 2.21. The molecule has 0 aliphatic carbocycles. The summed E-state index contributed by atoms with van der Waals surface area (Å²) >= 11 is 0.